The predicted octanol–water partition coefficient (Wildman–Crippen LogP) is 9.83. The third kappa shape index (κ3) is 3.31. The molecule has 0 aromatic heterocycles. The maximum atomic E-state index is 5.05. The van der Waals surface area contributed by atoms with Crippen molar-refractivity contribution < 1.29 is 0 Å². The minimum absolute atomic E-state index is 0.130. The summed E-state index contributed by atoms with van der Waals surface area (Å²) >= 11 is 0. The number of rotatable bonds is 3. The molecule has 0 saturated heterocycles. The number of allylic oxidation sites excluding steroid dienone is 6. The van der Waals surface area contributed by atoms with Crippen LogP contribution in [-0.2, 0) is 0 Å². The molecule has 1 spiro atoms. The lowest BCUT2D eigenvalue weighted by atomic mass is 9.53. The Bertz CT molecular complexity index is 1180. The second-order valence-electron chi connectivity index (χ2n) is 14.9. The van der Waals surface area contributed by atoms with Crippen molar-refractivity contribution in [2.24, 2.45) is 57.7 Å². The van der Waals surface area contributed by atoms with Crippen LogP contribution in [0.2, 0.25) is 0 Å². The van der Waals surface area contributed by atoms with E-state index in [9.17, 15) is 0 Å². The summed E-state index contributed by atoms with van der Waals surface area (Å²) in [5, 5.41) is 0. The van der Waals surface area contributed by atoms with Gasteiger partial charge in [0.15, 0.2) is 0 Å². The first-order chi connectivity index (χ1) is 16.9. The predicted molar refractivity (Wildman–Crippen MR) is 154 cm³/mol. The molecular weight excluding hydrogens is 432 g/mol. The van der Waals surface area contributed by atoms with Gasteiger partial charge in [-0.05, 0) is 109 Å². The number of aryl methyl sites for hydroxylation is 1. The Labute approximate surface area is 221 Å². The lowest BCUT2D eigenvalue weighted by Gasteiger charge is -2.50. The summed E-state index contributed by atoms with van der Waals surface area (Å²) in [4.78, 5) is 0. The van der Waals surface area contributed by atoms with Gasteiger partial charge in [-0.25, -0.2) is 0 Å². The van der Waals surface area contributed by atoms with Crippen molar-refractivity contribution in [3.8, 4) is 0 Å². The van der Waals surface area contributed by atoms with E-state index >= 15 is 0 Å². The van der Waals surface area contributed by atoms with E-state index in [4.69, 9.17) is 6.58 Å². The molecule has 0 heterocycles. The fraction of sp³-hybridized carbons (Fsp3) is 0.611. The number of benzene rings is 1. The van der Waals surface area contributed by atoms with Gasteiger partial charge < -0.3 is 0 Å². The van der Waals surface area contributed by atoms with Gasteiger partial charge in [0.2, 0.25) is 0 Å². The van der Waals surface area contributed by atoms with Gasteiger partial charge in [0, 0.05) is 11.3 Å². The first-order valence-corrected chi connectivity index (χ1v) is 14.7. The normalized spacial score (nSPS) is 41.6. The number of hydrogen-bond acceptors (Lipinski definition) is 0. The Kier molecular flexibility index (Phi) is 5.34. The summed E-state index contributed by atoms with van der Waals surface area (Å²) < 4.78 is 0. The molecule has 6 rings (SSSR count). The molecule has 0 amide bonds. The SMILES string of the molecule is C=C(CC1C(C)=CC23C(=C)C(C=C4CCC(C)(C)CC4C12)C1C(CC3C)C1(C)C)c1ccccc1C. The molecule has 5 aliphatic rings. The van der Waals surface area contributed by atoms with Crippen LogP contribution in [0.5, 0.6) is 0 Å². The Morgan fingerprint density at radius 1 is 1.06 bits per heavy atom. The van der Waals surface area contributed by atoms with Crippen molar-refractivity contribution in [2.75, 3.05) is 0 Å². The number of fused-ring (bicyclic) bond motifs is 5. The summed E-state index contributed by atoms with van der Waals surface area (Å²) in [5.74, 6) is 4.68. The molecule has 5 aliphatic carbocycles. The Balaban J connectivity index is 1.48. The van der Waals surface area contributed by atoms with Gasteiger partial charge in [0.25, 0.3) is 0 Å². The molecule has 0 aliphatic heterocycles. The number of hydrogen-bond donors (Lipinski definition) is 0. The zero-order valence-corrected chi connectivity index (χ0v) is 24.0. The van der Waals surface area contributed by atoms with Crippen LogP contribution in [-0.4, -0.2) is 0 Å². The van der Waals surface area contributed by atoms with Gasteiger partial charge in [-0.2, -0.15) is 0 Å². The van der Waals surface area contributed by atoms with E-state index < -0.39 is 0 Å². The summed E-state index contributed by atoms with van der Waals surface area (Å²) in [5.41, 5.74) is 10.0. The minimum Gasteiger partial charge on any atom is -0.0984 e. The summed E-state index contributed by atoms with van der Waals surface area (Å²) in [7, 11) is 0. The van der Waals surface area contributed by atoms with Crippen molar-refractivity contribution in [3.05, 3.63) is 77.4 Å². The average Bonchev–Trinajstić information content (AvgIpc) is 3.26. The third-order valence-electron chi connectivity index (χ3n) is 12.1. The molecule has 3 saturated carbocycles. The maximum Gasteiger partial charge on any atom is 0.0162 e. The van der Waals surface area contributed by atoms with Gasteiger partial charge in [-0.15, -0.1) is 0 Å². The van der Waals surface area contributed by atoms with Crippen molar-refractivity contribution in [1.82, 2.24) is 0 Å². The second kappa shape index (κ2) is 7.85. The molecule has 0 nitrogen and oxygen atoms in total. The largest absolute Gasteiger partial charge is 0.0984 e. The molecule has 0 heteroatoms. The molecular formula is C36H48. The van der Waals surface area contributed by atoms with Crippen LogP contribution < -0.4 is 0 Å². The van der Waals surface area contributed by atoms with Crippen LogP contribution in [0.15, 0.2) is 66.3 Å². The van der Waals surface area contributed by atoms with Crippen molar-refractivity contribution >= 4 is 5.57 Å². The van der Waals surface area contributed by atoms with Crippen LogP contribution in [0.3, 0.4) is 0 Å². The highest BCUT2D eigenvalue weighted by atomic mass is 14.7. The molecule has 2 bridgehead atoms. The quantitative estimate of drug-likeness (QED) is 0.378. The Morgan fingerprint density at radius 2 is 1.78 bits per heavy atom. The first-order valence-electron chi connectivity index (χ1n) is 14.7. The standard InChI is InChI=1S/C36H48/c1-21-12-10-11-13-27(21)22(2)16-28-23(3)19-36-24(4)17-31-33(35(31,8)9)29(25(36)5)18-26-14-15-34(6,7)20-30(26)32(28)36/h10-13,18-19,24,28-33H,2,5,14-17,20H2,1,3-4,6-9H3. The van der Waals surface area contributed by atoms with Crippen LogP contribution in [0, 0.1) is 64.6 Å². The Hall–Kier alpha value is -1.82. The van der Waals surface area contributed by atoms with Gasteiger partial charge in [0.05, 0.1) is 0 Å². The van der Waals surface area contributed by atoms with E-state index in [1.807, 2.05) is 0 Å². The summed E-state index contributed by atoms with van der Waals surface area (Å²) in [6.45, 7) is 27.1. The highest BCUT2D eigenvalue weighted by Crippen LogP contribution is 2.75. The molecule has 0 radical (unpaired) electrons. The van der Waals surface area contributed by atoms with Crippen LogP contribution in [0.25, 0.3) is 5.57 Å². The van der Waals surface area contributed by atoms with Gasteiger partial charge in [-0.3, -0.25) is 0 Å². The molecule has 36 heavy (non-hydrogen) atoms. The molecule has 1 aromatic rings. The van der Waals surface area contributed by atoms with E-state index in [1.165, 1.54) is 42.4 Å². The summed E-state index contributed by atoms with van der Waals surface area (Å²) in [6.07, 6.45) is 11.9. The third-order valence-corrected chi connectivity index (χ3v) is 12.1. The molecule has 0 N–H and O–H groups in total. The lowest BCUT2D eigenvalue weighted by Crippen LogP contribution is -2.43. The molecule has 1 aromatic carbocycles. The lowest BCUT2D eigenvalue weighted by molar-refractivity contribution is 0.0710. The zero-order valence-electron chi connectivity index (χ0n) is 24.0. The summed E-state index contributed by atoms with van der Waals surface area (Å²) in [6, 6.07) is 8.85. The average molecular weight is 481 g/mol. The first kappa shape index (κ1) is 24.5. The fourth-order valence-electron chi connectivity index (χ4n) is 10.1. The van der Waals surface area contributed by atoms with Crippen molar-refractivity contribution in [2.45, 2.75) is 80.6 Å². The van der Waals surface area contributed by atoms with E-state index in [1.54, 1.807) is 16.7 Å². The minimum atomic E-state index is 0.130. The van der Waals surface area contributed by atoms with Crippen LogP contribution >= 0.6 is 0 Å². The zero-order chi connectivity index (χ0) is 25.8. The topological polar surface area (TPSA) is 0 Å². The van der Waals surface area contributed by atoms with E-state index in [0.29, 0.717) is 40.4 Å². The van der Waals surface area contributed by atoms with Gasteiger partial charge in [-0.1, -0.05) is 101 Å². The highest BCUT2D eigenvalue weighted by Gasteiger charge is 2.68. The fourth-order valence-corrected chi connectivity index (χ4v) is 10.1. The molecule has 8 atom stereocenters. The van der Waals surface area contributed by atoms with Gasteiger partial charge >= 0.3 is 0 Å². The van der Waals surface area contributed by atoms with E-state index in [-0.39, 0.29) is 5.41 Å². The maximum absolute atomic E-state index is 5.05. The monoisotopic (exact) mass is 480 g/mol. The molecule has 3 fully saturated rings. The van der Waals surface area contributed by atoms with E-state index in [0.717, 1.165) is 18.3 Å². The second-order valence-corrected chi connectivity index (χ2v) is 14.9. The van der Waals surface area contributed by atoms with Crippen molar-refractivity contribution in [3.63, 3.8) is 0 Å². The highest BCUT2D eigenvalue weighted by molar-refractivity contribution is 5.67. The van der Waals surface area contributed by atoms with Crippen LogP contribution in [0.1, 0.15) is 84.8 Å². The van der Waals surface area contributed by atoms with Crippen LogP contribution in [0.4, 0.5) is 0 Å². The smallest absolute Gasteiger partial charge is 0.0162 e. The molecule has 8 unspecified atom stereocenters. The molecule has 192 valence electrons. The Morgan fingerprint density at radius 3 is 2.50 bits per heavy atom. The van der Waals surface area contributed by atoms with Gasteiger partial charge in [0.1, 0.15) is 0 Å². The van der Waals surface area contributed by atoms with Crippen molar-refractivity contribution in [1.29, 1.82) is 0 Å². The van der Waals surface area contributed by atoms with E-state index in [2.05, 4.69) is 91.5 Å².